The van der Waals surface area contributed by atoms with Crippen molar-refractivity contribution in [3.63, 3.8) is 0 Å². The number of hydrogen-bond donors (Lipinski definition) is 1. The molecular weight excluding hydrogens is 256 g/mol. The average molecular weight is 278 g/mol. The van der Waals surface area contributed by atoms with E-state index >= 15 is 0 Å². The number of amides is 1. The molecule has 1 aromatic rings. The first-order valence-corrected chi connectivity index (χ1v) is 7.03. The molecule has 0 aliphatic carbocycles. The number of carbonyl (C=O) groups excluding carboxylic acids is 1. The summed E-state index contributed by atoms with van der Waals surface area (Å²) < 4.78 is 0. The minimum atomic E-state index is 0.162. The predicted octanol–water partition coefficient (Wildman–Crippen LogP) is 2.53. The van der Waals surface area contributed by atoms with Gasteiger partial charge in [-0.1, -0.05) is 42.5 Å². The molecule has 1 aromatic carbocycles. The molecule has 0 unspecified atom stereocenters. The van der Waals surface area contributed by atoms with Crippen LogP contribution < -0.4 is 5.73 Å². The Labute approximate surface area is 120 Å². The van der Waals surface area contributed by atoms with Crippen molar-refractivity contribution in [1.82, 2.24) is 4.90 Å². The third-order valence-electron chi connectivity index (χ3n) is 3.01. The van der Waals surface area contributed by atoms with E-state index in [4.69, 9.17) is 18.0 Å². The third kappa shape index (κ3) is 5.83. The molecule has 0 bridgehead atoms. The van der Waals surface area contributed by atoms with Crippen LogP contribution in [0.2, 0.25) is 0 Å². The van der Waals surface area contributed by atoms with E-state index in [2.05, 4.69) is 0 Å². The Morgan fingerprint density at radius 3 is 2.42 bits per heavy atom. The molecule has 1 rings (SSSR count). The summed E-state index contributed by atoms with van der Waals surface area (Å²) in [5.41, 5.74) is 6.69. The Kier molecular flexibility index (Phi) is 6.50. The third-order valence-corrected chi connectivity index (χ3v) is 3.22. The number of aryl methyl sites for hydroxylation is 1. The summed E-state index contributed by atoms with van der Waals surface area (Å²) in [6.07, 6.45) is 1.89. The normalized spacial score (nSPS) is 10.5. The highest BCUT2D eigenvalue weighted by Crippen LogP contribution is 2.08. The van der Waals surface area contributed by atoms with Gasteiger partial charge in [-0.15, -0.1) is 0 Å². The Morgan fingerprint density at radius 1 is 1.26 bits per heavy atom. The van der Waals surface area contributed by atoms with Crippen molar-refractivity contribution in [2.75, 3.05) is 6.54 Å². The van der Waals surface area contributed by atoms with Gasteiger partial charge < -0.3 is 10.6 Å². The lowest BCUT2D eigenvalue weighted by atomic mass is 10.1. The lowest BCUT2D eigenvalue weighted by Gasteiger charge is -2.26. The number of carbonyl (C=O) groups is 1. The summed E-state index contributed by atoms with van der Waals surface area (Å²) in [6, 6.07) is 10.2. The van der Waals surface area contributed by atoms with Crippen LogP contribution in [0.4, 0.5) is 0 Å². The van der Waals surface area contributed by atoms with E-state index in [1.165, 1.54) is 5.56 Å². The van der Waals surface area contributed by atoms with Gasteiger partial charge in [-0.2, -0.15) is 0 Å². The van der Waals surface area contributed by atoms with Crippen LogP contribution >= 0.6 is 12.2 Å². The zero-order valence-electron chi connectivity index (χ0n) is 11.6. The van der Waals surface area contributed by atoms with E-state index in [0.717, 1.165) is 6.42 Å². The minimum absolute atomic E-state index is 0.162. The van der Waals surface area contributed by atoms with Gasteiger partial charge in [0.05, 0.1) is 4.99 Å². The number of hydrogen-bond acceptors (Lipinski definition) is 2. The smallest absolute Gasteiger partial charge is 0.223 e. The second-order valence-electron chi connectivity index (χ2n) is 4.88. The maximum Gasteiger partial charge on any atom is 0.223 e. The molecule has 104 valence electrons. The molecule has 0 heterocycles. The number of benzene rings is 1. The van der Waals surface area contributed by atoms with Gasteiger partial charge in [0.2, 0.25) is 5.91 Å². The van der Waals surface area contributed by atoms with Gasteiger partial charge in [0.15, 0.2) is 0 Å². The highest BCUT2D eigenvalue weighted by Gasteiger charge is 2.16. The number of nitrogens with zero attached hydrogens (tertiary/aromatic N) is 1. The average Bonchev–Trinajstić information content (AvgIpc) is 2.37. The fourth-order valence-electron chi connectivity index (χ4n) is 1.94. The van der Waals surface area contributed by atoms with Crippen LogP contribution in [-0.4, -0.2) is 28.4 Å². The maximum atomic E-state index is 12.2. The van der Waals surface area contributed by atoms with Crippen molar-refractivity contribution in [2.45, 2.75) is 39.2 Å². The lowest BCUT2D eigenvalue weighted by molar-refractivity contribution is -0.132. The molecule has 0 saturated carbocycles. The maximum absolute atomic E-state index is 12.2. The highest BCUT2D eigenvalue weighted by molar-refractivity contribution is 7.80. The largest absolute Gasteiger partial charge is 0.393 e. The zero-order valence-corrected chi connectivity index (χ0v) is 12.5. The fraction of sp³-hybridized carbons (Fsp3) is 0.467. The molecule has 0 atom stereocenters. The van der Waals surface area contributed by atoms with Gasteiger partial charge in [0, 0.05) is 25.4 Å². The van der Waals surface area contributed by atoms with Crippen molar-refractivity contribution >= 4 is 23.1 Å². The second kappa shape index (κ2) is 7.89. The van der Waals surface area contributed by atoms with Gasteiger partial charge in [-0.3, -0.25) is 4.79 Å². The summed E-state index contributed by atoms with van der Waals surface area (Å²) in [4.78, 5) is 14.5. The van der Waals surface area contributed by atoms with Crippen LogP contribution in [0.1, 0.15) is 32.3 Å². The fourth-order valence-corrected chi connectivity index (χ4v) is 2.03. The predicted molar refractivity (Wildman–Crippen MR) is 83.0 cm³/mol. The van der Waals surface area contributed by atoms with Crippen molar-refractivity contribution in [1.29, 1.82) is 0 Å². The van der Waals surface area contributed by atoms with Gasteiger partial charge in [-0.25, -0.2) is 0 Å². The Bertz CT molecular complexity index is 417. The van der Waals surface area contributed by atoms with Gasteiger partial charge >= 0.3 is 0 Å². The van der Waals surface area contributed by atoms with Crippen LogP contribution in [0.3, 0.4) is 0 Å². The first kappa shape index (κ1) is 15.6. The number of rotatable bonds is 7. The molecule has 0 fully saturated rings. The van der Waals surface area contributed by atoms with E-state index in [1.807, 2.05) is 49.1 Å². The van der Waals surface area contributed by atoms with Crippen LogP contribution in [0.25, 0.3) is 0 Å². The molecule has 1 amide bonds. The molecule has 2 N–H and O–H groups in total. The first-order chi connectivity index (χ1) is 9.00. The Balaban J connectivity index is 2.50. The zero-order chi connectivity index (χ0) is 14.3. The van der Waals surface area contributed by atoms with Crippen molar-refractivity contribution in [2.24, 2.45) is 5.73 Å². The van der Waals surface area contributed by atoms with Crippen molar-refractivity contribution < 1.29 is 4.79 Å². The minimum Gasteiger partial charge on any atom is -0.393 e. The van der Waals surface area contributed by atoms with E-state index in [1.54, 1.807) is 0 Å². The van der Waals surface area contributed by atoms with E-state index in [-0.39, 0.29) is 11.9 Å². The van der Waals surface area contributed by atoms with E-state index < -0.39 is 0 Å². The van der Waals surface area contributed by atoms with Gasteiger partial charge in [0.25, 0.3) is 0 Å². The summed E-state index contributed by atoms with van der Waals surface area (Å²) in [5.74, 6) is 0.162. The molecular formula is C15H22N2OS. The monoisotopic (exact) mass is 278 g/mol. The molecule has 0 radical (unpaired) electrons. The van der Waals surface area contributed by atoms with Gasteiger partial charge in [0.1, 0.15) is 0 Å². The van der Waals surface area contributed by atoms with Crippen molar-refractivity contribution in [3.05, 3.63) is 35.9 Å². The van der Waals surface area contributed by atoms with E-state index in [0.29, 0.717) is 24.4 Å². The summed E-state index contributed by atoms with van der Waals surface area (Å²) >= 11 is 4.87. The SMILES string of the molecule is CC(C)N(CCC(N)=S)C(=O)CCc1ccccc1. The Morgan fingerprint density at radius 2 is 1.89 bits per heavy atom. The van der Waals surface area contributed by atoms with Crippen LogP contribution in [-0.2, 0) is 11.2 Å². The van der Waals surface area contributed by atoms with Crippen LogP contribution in [0, 0.1) is 0 Å². The number of thiocarbonyl (C=S) groups is 1. The second-order valence-corrected chi connectivity index (χ2v) is 5.41. The summed E-state index contributed by atoms with van der Waals surface area (Å²) in [6.45, 7) is 4.64. The lowest BCUT2D eigenvalue weighted by Crippen LogP contribution is -2.39. The highest BCUT2D eigenvalue weighted by atomic mass is 32.1. The Hall–Kier alpha value is -1.42. The van der Waals surface area contributed by atoms with Gasteiger partial charge in [-0.05, 0) is 25.8 Å². The number of nitrogens with two attached hydrogens (primary N) is 1. The van der Waals surface area contributed by atoms with Crippen LogP contribution in [0.15, 0.2) is 30.3 Å². The molecule has 0 saturated heterocycles. The summed E-state index contributed by atoms with van der Waals surface area (Å²) in [5, 5.41) is 0. The molecule has 0 aliphatic heterocycles. The van der Waals surface area contributed by atoms with Crippen LogP contribution in [0.5, 0.6) is 0 Å². The molecule has 0 spiro atoms. The molecule has 0 aromatic heterocycles. The topological polar surface area (TPSA) is 46.3 Å². The molecule has 4 heteroatoms. The summed E-state index contributed by atoms with van der Waals surface area (Å²) in [7, 11) is 0. The van der Waals surface area contributed by atoms with E-state index in [9.17, 15) is 4.79 Å². The van der Waals surface area contributed by atoms with Crippen molar-refractivity contribution in [3.8, 4) is 0 Å². The molecule has 19 heavy (non-hydrogen) atoms. The quantitative estimate of drug-likeness (QED) is 0.780. The standard InChI is InChI=1S/C15H22N2OS/c1-12(2)17(11-10-14(16)19)15(18)9-8-13-6-4-3-5-7-13/h3-7,12H,8-11H2,1-2H3,(H2,16,19). The molecule has 0 aliphatic rings. The molecule has 3 nitrogen and oxygen atoms in total. The first-order valence-electron chi connectivity index (χ1n) is 6.62.